The number of carbonyl (C=O) groups excluding carboxylic acids is 1. The Morgan fingerprint density at radius 2 is 2.00 bits per heavy atom. The first-order valence-corrected chi connectivity index (χ1v) is 10.3. The summed E-state index contributed by atoms with van der Waals surface area (Å²) in [5.41, 5.74) is 1.12. The predicted molar refractivity (Wildman–Crippen MR) is 100 cm³/mol. The molecule has 0 atom stereocenters. The van der Waals surface area contributed by atoms with Gasteiger partial charge in [-0.1, -0.05) is 19.3 Å². The number of nitrogens with zero attached hydrogens (tertiary/aromatic N) is 5. The van der Waals surface area contributed by atoms with Crippen molar-refractivity contribution in [2.24, 2.45) is 0 Å². The summed E-state index contributed by atoms with van der Waals surface area (Å²) in [5, 5.41) is 12.7. The van der Waals surface area contributed by atoms with Crippen molar-refractivity contribution >= 4 is 17.2 Å². The lowest BCUT2D eigenvalue weighted by Gasteiger charge is -2.27. The molecular weight excluding hydrogens is 348 g/mol. The molecule has 0 aromatic carbocycles. The van der Waals surface area contributed by atoms with Gasteiger partial charge in [0.2, 0.25) is 5.82 Å². The number of fused-ring (bicyclic) bond motifs is 1. The summed E-state index contributed by atoms with van der Waals surface area (Å²) in [6.45, 7) is 7.37. The maximum Gasteiger partial charge on any atom is 0.289 e. The molecule has 2 aromatic heterocycles. The average molecular weight is 375 g/mol. The first-order valence-electron chi connectivity index (χ1n) is 9.48. The molecule has 1 aliphatic carbocycles. The molecule has 4 rings (SSSR count). The van der Waals surface area contributed by atoms with E-state index in [1.54, 1.807) is 11.3 Å². The molecule has 3 heterocycles. The van der Waals surface area contributed by atoms with Crippen molar-refractivity contribution in [2.75, 3.05) is 6.54 Å². The second-order valence-corrected chi connectivity index (χ2v) is 8.64. The van der Waals surface area contributed by atoms with Crippen molar-refractivity contribution < 1.29 is 4.79 Å². The van der Waals surface area contributed by atoms with E-state index in [-0.39, 0.29) is 5.91 Å². The Balaban J connectivity index is 1.41. The third-order valence-corrected chi connectivity index (χ3v) is 6.40. The molecule has 0 saturated heterocycles. The Kier molecular flexibility index (Phi) is 5.04. The lowest BCUT2D eigenvalue weighted by atomic mass is 9.95. The Labute approximate surface area is 157 Å². The van der Waals surface area contributed by atoms with Crippen molar-refractivity contribution in [1.29, 1.82) is 0 Å². The van der Waals surface area contributed by atoms with Crippen LogP contribution in [0.3, 0.4) is 0 Å². The van der Waals surface area contributed by atoms with E-state index in [4.69, 9.17) is 0 Å². The van der Waals surface area contributed by atoms with Gasteiger partial charge in [-0.2, -0.15) is 0 Å². The molecule has 0 bridgehead atoms. The summed E-state index contributed by atoms with van der Waals surface area (Å²) in [7, 11) is 0. The number of rotatable bonds is 4. The fourth-order valence-corrected chi connectivity index (χ4v) is 4.91. The molecular formula is C18H26N6OS. The lowest BCUT2D eigenvalue weighted by Crippen LogP contribution is -2.39. The zero-order valence-electron chi connectivity index (χ0n) is 15.5. The summed E-state index contributed by atoms with van der Waals surface area (Å²) in [5.74, 6) is 1.27. The minimum atomic E-state index is -0.0713. The Hall–Kier alpha value is -1.80. The van der Waals surface area contributed by atoms with E-state index < -0.39 is 0 Å². The summed E-state index contributed by atoms with van der Waals surface area (Å²) in [6, 6.07) is 0.293. The van der Waals surface area contributed by atoms with E-state index in [2.05, 4.69) is 32.3 Å². The Bertz CT molecular complexity index is 792. The molecule has 1 N–H and O–H groups in total. The van der Waals surface area contributed by atoms with E-state index in [1.165, 1.54) is 24.1 Å². The molecule has 8 heteroatoms. The molecule has 1 fully saturated rings. The van der Waals surface area contributed by atoms with Gasteiger partial charge in [0, 0.05) is 30.6 Å². The number of nitrogens with one attached hydrogen (secondary N) is 1. The second kappa shape index (κ2) is 7.44. The van der Waals surface area contributed by atoms with Gasteiger partial charge in [-0.05, 0) is 26.7 Å². The number of aromatic nitrogens is 4. The summed E-state index contributed by atoms with van der Waals surface area (Å²) in [4.78, 5) is 20.8. The maximum absolute atomic E-state index is 12.6. The Morgan fingerprint density at radius 3 is 2.73 bits per heavy atom. The SMILES string of the molecule is Cc1nc(C)c(CN2CCn3c(nnc3C(=O)NC3CCCCC3)C2)s1. The van der Waals surface area contributed by atoms with Crippen LogP contribution in [-0.4, -0.2) is 43.1 Å². The van der Waals surface area contributed by atoms with Gasteiger partial charge in [0.15, 0.2) is 0 Å². The van der Waals surface area contributed by atoms with E-state index in [0.717, 1.165) is 55.5 Å². The van der Waals surface area contributed by atoms with E-state index >= 15 is 0 Å². The van der Waals surface area contributed by atoms with Gasteiger partial charge in [-0.25, -0.2) is 4.98 Å². The van der Waals surface area contributed by atoms with Gasteiger partial charge in [0.1, 0.15) is 5.82 Å². The van der Waals surface area contributed by atoms with Crippen LogP contribution in [0.25, 0.3) is 0 Å². The highest BCUT2D eigenvalue weighted by Crippen LogP contribution is 2.22. The van der Waals surface area contributed by atoms with Crippen LogP contribution in [0.4, 0.5) is 0 Å². The van der Waals surface area contributed by atoms with Gasteiger partial charge in [0.05, 0.1) is 17.2 Å². The topological polar surface area (TPSA) is 75.9 Å². The molecule has 0 unspecified atom stereocenters. The third kappa shape index (κ3) is 3.66. The molecule has 7 nitrogen and oxygen atoms in total. The summed E-state index contributed by atoms with van der Waals surface area (Å²) in [6.07, 6.45) is 5.84. The fourth-order valence-electron chi connectivity index (χ4n) is 3.93. The summed E-state index contributed by atoms with van der Waals surface area (Å²) < 4.78 is 1.99. The molecule has 1 saturated carbocycles. The monoisotopic (exact) mass is 374 g/mol. The van der Waals surface area contributed by atoms with Crippen LogP contribution in [0.15, 0.2) is 0 Å². The van der Waals surface area contributed by atoms with Gasteiger partial charge < -0.3 is 9.88 Å². The van der Waals surface area contributed by atoms with Crippen molar-refractivity contribution in [1.82, 2.24) is 30.0 Å². The zero-order valence-corrected chi connectivity index (χ0v) is 16.3. The van der Waals surface area contributed by atoms with E-state index in [1.807, 2.05) is 11.5 Å². The predicted octanol–water partition coefficient (Wildman–Crippen LogP) is 2.43. The number of thiazole rings is 1. The van der Waals surface area contributed by atoms with E-state index in [9.17, 15) is 4.79 Å². The highest BCUT2D eigenvalue weighted by Gasteiger charge is 2.26. The molecule has 0 spiro atoms. The van der Waals surface area contributed by atoms with Gasteiger partial charge in [-0.15, -0.1) is 21.5 Å². The molecule has 0 radical (unpaired) electrons. The number of amides is 1. The van der Waals surface area contributed by atoms with Crippen LogP contribution >= 0.6 is 11.3 Å². The quantitative estimate of drug-likeness (QED) is 0.889. The van der Waals surface area contributed by atoms with Crippen molar-refractivity contribution in [3.8, 4) is 0 Å². The average Bonchev–Trinajstić information content (AvgIpc) is 3.18. The third-order valence-electron chi connectivity index (χ3n) is 5.34. The van der Waals surface area contributed by atoms with Gasteiger partial charge in [-0.3, -0.25) is 9.69 Å². The van der Waals surface area contributed by atoms with Crippen LogP contribution < -0.4 is 5.32 Å². The number of aryl methyl sites for hydroxylation is 2. The molecule has 140 valence electrons. The van der Waals surface area contributed by atoms with Crippen LogP contribution in [-0.2, 0) is 19.6 Å². The minimum Gasteiger partial charge on any atom is -0.347 e. The maximum atomic E-state index is 12.6. The number of carbonyl (C=O) groups is 1. The largest absolute Gasteiger partial charge is 0.347 e. The zero-order chi connectivity index (χ0) is 18.1. The van der Waals surface area contributed by atoms with E-state index in [0.29, 0.717) is 11.9 Å². The first-order chi connectivity index (χ1) is 12.6. The normalized spacial score (nSPS) is 18.7. The highest BCUT2D eigenvalue weighted by atomic mass is 32.1. The van der Waals surface area contributed by atoms with Crippen molar-refractivity contribution in [2.45, 2.75) is 71.6 Å². The van der Waals surface area contributed by atoms with Crippen LogP contribution in [0, 0.1) is 13.8 Å². The second-order valence-electron chi connectivity index (χ2n) is 7.35. The molecule has 2 aromatic rings. The van der Waals surface area contributed by atoms with Crippen molar-refractivity contribution in [3.05, 3.63) is 27.2 Å². The summed E-state index contributed by atoms with van der Waals surface area (Å²) >= 11 is 1.76. The highest BCUT2D eigenvalue weighted by molar-refractivity contribution is 7.11. The smallest absolute Gasteiger partial charge is 0.289 e. The lowest BCUT2D eigenvalue weighted by molar-refractivity contribution is 0.0908. The fraction of sp³-hybridized carbons (Fsp3) is 0.667. The number of hydrogen-bond acceptors (Lipinski definition) is 6. The first kappa shape index (κ1) is 17.6. The minimum absolute atomic E-state index is 0.0713. The molecule has 1 aliphatic heterocycles. The van der Waals surface area contributed by atoms with Gasteiger partial charge in [0.25, 0.3) is 5.91 Å². The molecule has 26 heavy (non-hydrogen) atoms. The van der Waals surface area contributed by atoms with Crippen LogP contribution in [0.1, 0.15) is 64.1 Å². The van der Waals surface area contributed by atoms with Crippen molar-refractivity contribution in [3.63, 3.8) is 0 Å². The van der Waals surface area contributed by atoms with Crippen LogP contribution in [0.5, 0.6) is 0 Å². The van der Waals surface area contributed by atoms with Gasteiger partial charge >= 0.3 is 0 Å². The standard InChI is InChI=1S/C18H26N6OS/c1-12-15(26-13(2)19-12)10-23-8-9-24-16(11-23)21-22-17(24)18(25)20-14-6-4-3-5-7-14/h14H,3-11H2,1-2H3,(H,20,25). The van der Waals surface area contributed by atoms with Crippen LogP contribution in [0.2, 0.25) is 0 Å². The molecule has 2 aliphatic rings. The number of hydrogen-bond donors (Lipinski definition) is 1. The molecule has 1 amide bonds. The Morgan fingerprint density at radius 1 is 1.19 bits per heavy atom.